The summed E-state index contributed by atoms with van der Waals surface area (Å²) in [6, 6.07) is 5.21. The maximum absolute atomic E-state index is 10.9. The molecular formula is C13H18O3. The molecule has 1 aromatic carbocycles. The molecule has 1 atom stereocenters. The van der Waals surface area contributed by atoms with E-state index >= 15 is 0 Å². The van der Waals surface area contributed by atoms with Gasteiger partial charge < -0.3 is 15.0 Å². The van der Waals surface area contributed by atoms with Gasteiger partial charge >= 0.3 is 0 Å². The molecule has 0 heterocycles. The molecule has 0 aliphatic rings. The van der Waals surface area contributed by atoms with E-state index in [-0.39, 0.29) is 24.1 Å². The standard InChI is InChI=1S/C13H18O3/c1-9(3-4-10(2)15)11-5-6-13(16)12(7-11)8-14/h5-7,9,14,16H,3-4,8H2,1-2H3. The molecule has 0 amide bonds. The number of benzene rings is 1. The molecule has 3 heteroatoms. The van der Waals surface area contributed by atoms with Gasteiger partial charge in [-0.2, -0.15) is 0 Å². The summed E-state index contributed by atoms with van der Waals surface area (Å²) in [7, 11) is 0. The predicted octanol–water partition coefficient (Wildman–Crippen LogP) is 2.36. The number of Topliss-reactive ketones (excluding diaryl/α,β-unsaturated/α-hetero) is 1. The van der Waals surface area contributed by atoms with Gasteiger partial charge in [0.2, 0.25) is 0 Å². The van der Waals surface area contributed by atoms with Crippen LogP contribution >= 0.6 is 0 Å². The van der Waals surface area contributed by atoms with Gasteiger partial charge in [0, 0.05) is 12.0 Å². The van der Waals surface area contributed by atoms with E-state index in [0.29, 0.717) is 12.0 Å². The first-order chi connectivity index (χ1) is 7.54. The zero-order valence-corrected chi connectivity index (χ0v) is 9.73. The lowest BCUT2D eigenvalue weighted by atomic mass is 9.94. The van der Waals surface area contributed by atoms with E-state index in [1.807, 2.05) is 13.0 Å². The van der Waals surface area contributed by atoms with Crippen molar-refractivity contribution in [3.63, 3.8) is 0 Å². The van der Waals surface area contributed by atoms with Gasteiger partial charge in [-0.3, -0.25) is 0 Å². The molecule has 0 saturated heterocycles. The Morgan fingerprint density at radius 1 is 1.44 bits per heavy atom. The lowest BCUT2D eigenvalue weighted by molar-refractivity contribution is -0.117. The minimum atomic E-state index is -0.168. The molecule has 0 fully saturated rings. The highest BCUT2D eigenvalue weighted by molar-refractivity contribution is 5.75. The summed E-state index contributed by atoms with van der Waals surface area (Å²) < 4.78 is 0. The Labute approximate surface area is 95.7 Å². The first kappa shape index (κ1) is 12.7. The average molecular weight is 222 g/mol. The monoisotopic (exact) mass is 222 g/mol. The average Bonchev–Trinajstić information content (AvgIpc) is 2.26. The normalized spacial score (nSPS) is 12.4. The van der Waals surface area contributed by atoms with Crippen molar-refractivity contribution in [3.05, 3.63) is 29.3 Å². The third-order valence-corrected chi connectivity index (χ3v) is 2.77. The van der Waals surface area contributed by atoms with Crippen LogP contribution in [0.3, 0.4) is 0 Å². The molecule has 16 heavy (non-hydrogen) atoms. The fraction of sp³-hybridized carbons (Fsp3) is 0.462. The van der Waals surface area contributed by atoms with Crippen LogP contribution in [0, 0.1) is 0 Å². The number of carbonyl (C=O) groups is 1. The van der Waals surface area contributed by atoms with Gasteiger partial charge in [0.15, 0.2) is 0 Å². The van der Waals surface area contributed by atoms with E-state index in [9.17, 15) is 9.90 Å². The van der Waals surface area contributed by atoms with Crippen molar-refractivity contribution in [1.29, 1.82) is 0 Å². The summed E-state index contributed by atoms with van der Waals surface area (Å²) in [6.07, 6.45) is 1.36. The lowest BCUT2D eigenvalue weighted by Crippen LogP contribution is -1.99. The molecule has 0 aromatic heterocycles. The van der Waals surface area contributed by atoms with Crippen molar-refractivity contribution in [2.24, 2.45) is 0 Å². The molecule has 0 aliphatic heterocycles. The van der Waals surface area contributed by atoms with Crippen LogP contribution in [0.1, 0.15) is 43.7 Å². The molecule has 0 radical (unpaired) electrons. The summed E-state index contributed by atoms with van der Waals surface area (Å²) >= 11 is 0. The second-order valence-electron chi connectivity index (χ2n) is 4.19. The lowest BCUT2D eigenvalue weighted by Gasteiger charge is -2.12. The number of ketones is 1. The fourth-order valence-electron chi connectivity index (χ4n) is 1.63. The highest BCUT2D eigenvalue weighted by atomic mass is 16.3. The van der Waals surface area contributed by atoms with Crippen LogP contribution in [-0.4, -0.2) is 16.0 Å². The van der Waals surface area contributed by atoms with Crippen LogP contribution in [0.2, 0.25) is 0 Å². The number of rotatable bonds is 5. The van der Waals surface area contributed by atoms with Crippen molar-refractivity contribution in [2.75, 3.05) is 0 Å². The molecule has 0 spiro atoms. The van der Waals surface area contributed by atoms with Crippen LogP contribution in [-0.2, 0) is 11.4 Å². The number of hydrogen-bond acceptors (Lipinski definition) is 3. The summed E-state index contributed by atoms with van der Waals surface area (Å²) in [5, 5.41) is 18.4. The number of aliphatic hydroxyl groups is 1. The maximum atomic E-state index is 10.9. The van der Waals surface area contributed by atoms with Gasteiger partial charge in [0.25, 0.3) is 0 Å². The molecular weight excluding hydrogens is 204 g/mol. The van der Waals surface area contributed by atoms with E-state index < -0.39 is 0 Å². The van der Waals surface area contributed by atoms with Crippen LogP contribution in [0.4, 0.5) is 0 Å². The van der Waals surface area contributed by atoms with Gasteiger partial charge in [-0.25, -0.2) is 0 Å². The number of aliphatic hydroxyl groups excluding tert-OH is 1. The summed E-state index contributed by atoms with van der Waals surface area (Å²) in [5.74, 6) is 0.563. The smallest absolute Gasteiger partial charge is 0.129 e. The van der Waals surface area contributed by atoms with Crippen LogP contribution < -0.4 is 0 Å². The number of aromatic hydroxyl groups is 1. The molecule has 3 nitrogen and oxygen atoms in total. The Balaban J connectivity index is 2.75. The molecule has 0 saturated carbocycles. The highest BCUT2D eigenvalue weighted by Gasteiger charge is 2.09. The second-order valence-corrected chi connectivity index (χ2v) is 4.19. The quantitative estimate of drug-likeness (QED) is 0.804. The summed E-state index contributed by atoms with van der Waals surface area (Å²) in [6.45, 7) is 3.46. The van der Waals surface area contributed by atoms with Crippen molar-refractivity contribution in [3.8, 4) is 5.75 Å². The molecule has 0 bridgehead atoms. The highest BCUT2D eigenvalue weighted by Crippen LogP contribution is 2.26. The zero-order valence-electron chi connectivity index (χ0n) is 9.73. The summed E-state index contributed by atoms with van der Waals surface area (Å²) in [5.41, 5.74) is 1.58. The van der Waals surface area contributed by atoms with Gasteiger partial charge in [-0.1, -0.05) is 13.0 Å². The van der Waals surface area contributed by atoms with Gasteiger partial charge in [-0.05, 0) is 37.0 Å². The van der Waals surface area contributed by atoms with Crippen LogP contribution in [0.5, 0.6) is 5.75 Å². The van der Waals surface area contributed by atoms with Crippen molar-refractivity contribution in [1.82, 2.24) is 0 Å². The third-order valence-electron chi connectivity index (χ3n) is 2.77. The molecule has 1 rings (SSSR count). The fourth-order valence-corrected chi connectivity index (χ4v) is 1.63. The Kier molecular flexibility index (Phi) is 4.50. The Hall–Kier alpha value is -1.35. The molecule has 2 N–H and O–H groups in total. The first-order valence-corrected chi connectivity index (χ1v) is 5.46. The molecule has 88 valence electrons. The second kappa shape index (κ2) is 5.66. The zero-order chi connectivity index (χ0) is 12.1. The third kappa shape index (κ3) is 3.35. The molecule has 1 unspecified atom stereocenters. The Morgan fingerprint density at radius 3 is 2.69 bits per heavy atom. The van der Waals surface area contributed by atoms with E-state index in [2.05, 4.69) is 0 Å². The van der Waals surface area contributed by atoms with E-state index in [1.54, 1.807) is 19.1 Å². The Bertz CT molecular complexity index is 371. The minimum Gasteiger partial charge on any atom is -0.508 e. The number of hydrogen-bond donors (Lipinski definition) is 2. The predicted molar refractivity (Wildman–Crippen MR) is 62.4 cm³/mol. The van der Waals surface area contributed by atoms with Gasteiger partial charge in [0.05, 0.1) is 6.61 Å². The number of carbonyl (C=O) groups excluding carboxylic acids is 1. The summed E-state index contributed by atoms with van der Waals surface area (Å²) in [4.78, 5) is 10.9. The molecule has 1 aromatic rings. The SMILES string of the molecule is CC(=O)CCC(C)c1ccc(O)c(CO)c1. The van der Waals surface area contributed by atoms with Crippen molar-refractivity contribution in [2.45, 2.75) is 39.2 Å². The molecule has 0 aliphatic carbocycles. The minimum absolute atomic E-state index is 0.116. The van der Waals surface area contributed by atoms with Crippen LogP contribution in [0.15, 0.2) is 18.2 Å². The Morgan fingerprint density at radius 2 is 2.12 bits per heavy atom. The van der Waals surface area contributed by atoms with Crippen molar-refractivity contribution >= 4 is 5.78 Å². The van der Waals surface area contributed by atoms with Crippen molar-refractivity contribution < 1.29 is 15.0 Å². The topological polar surface area (TPSA) is 57.5 Å². The van der Waals surface area contributed by atoms with E-state index in [1.165, 1.54) is 0 Å². The maximum Gasteiger partial charge on any atom is 0.129 e. The number of phenols is 1. The van der Waals surface area contributed by atoms with Gasteiger partial charge in [0.1, 0.15) is 11.5 Å². The first-order valence-electron chi connectivity index (χ1n) is 5.46. The van der Waals surface area contributed by atoms with Crippen LogP contribution in [0.25, 0.3) is 0 Å². The van der Waals surface area contributed by atoms with E-state index in [0.717, 1.165) is 12.0 Å². The van der Waals surface area contributed by atoms with Gasteiger partial charge in [-0.15, -0.1) is 0 Å². The largest absolute Gasteiger partial charge is 0.508 e. The van der Waals surface area contributed by atoms with E-state index in [4.69, 9.17) is 5.11 Å².